The number of benzene rings is 2. The Labute approximate surface area is 150 Å². The molecule has 0 unspecified atom stereocenters. The van der Waals surface area contributed by atoms with Gasteiger partial charge in [-0.05, 0) is 60.8 Å². The summed E-state index contributed by atoms with van der Waals surface area (Å²) in [5.74, 6) is 0.909. The fourth-order valence-electron chi connectivity index (χ4n) is 2.50. The smallest absolute Gasteiger partial charge is 0.260 e. The molecular weight excluding hydrogens is 318 g/mol. The first kappa shape index (κ1) is 18.3. The van der Waals surface area contributed by atoms with E-state index in [9.17, 15) is 0 Å². The molecule has 0 amide bonds. The first-order valence-corrected chi connectivity index (χ1v) is 8.67. The molecule has 0 radical (unpaired) electrons. The summed E-state index contributed by atoms with van der Waals surface area (Å²) in [6.07, 6.45) is 2.00. The van der Waals surface area contributed by atoms with Gasteiger partial charge in [0.25, 0.3) is 5.17 Å². The Balaban J connectivity index is 2.18. The maximum Gasteiger partial charge on any atom is 0.260 e. The van der Waals surface area contributed by atoms with Crippen LogP contribution in [0.3, 0.4) is 0 Å². The minimum absolute atomic E-state index is 0.355. The van der Waals surface area contributed by atoms with Crippen LogP contribution in [0.2, 0.25) is 0 Å². The second-order valence-electron chi connectivity index (χ2n) is 5.70. The Morgan fingerprint density at radius 3 is 2.33 bits per heavy atom. The molecule has 0 aliphatic rings. The van der Waals surface area contributed by atoms with Crippen LogP contribution in [0.1, 0.15) is 36.1 Å². The highest BCUT2D eigenvalue weighted by molar-refractivity contribution is 7.80. The van der Waals surface area contributed by atoms with Crippen molar-refractivity contribution in [2.75, 3.05) is 12.4 Å². The monoisotopic (exact) mass is 343 g/mol. The Morgan fingerprint density at radius 2 is 1.71 bits per heavy atom. The largest absolute Gasteiger partial charge is 0.489 e. The molecule has 0 fully saturated rings. The second-order valence-corrected chi connectivity index (χ2v) is 6.07. The van der Waals surface area contributed by atoms with Crippen molar-refractivity contribution in [3.05, 3.63) is 58.7 Å². The number of aryl methyl sites for hydroxylation is 3. The third kappa shape index (κ3) is 4.71. The van der Waals surface area contributed by atoms with Crippen LogP contribution in [0.25, 0.3) is 0 Å². The zero-order chi connectivity index (χ0) is 17.5. The molecule has 2 aromatic carbocycles. The molecule has 0 saturated carbocycles. The normalized spacial score (nSPS) is 10.3. The van der Waals surface area contributed by atoms with Crippen molar-refractivity contribution in [3.63, 3.8) is 0 Å². The molecule has 24 heavy (non-hydrogen) atoms. The first-order chi connectivity index (χ1) is 11.6. The lowest BCUT2D eigenvalue weighted by atomic mass is 10.1. The minimum Gasteiger partial charge on any atom is -0.489 e. The van der Waals surface area contributed by atoms with Crippen molar-refractivity contribution >= 4 is 23.1 Å². The molecule has 0 atom stereocenters. The summed E-state index contributed by atoms with van der Waals surface area (Å²) < 4.78 is 11.1. The van der Waals surface area contributed by atoms with Crippen LogP contribution in [0, 0.1) is 6.92 Å². The van der Waals surface area contributed by atoms with E-state index < -0.39 is 0 Å². The van der Waals surface area contributed by atoms with E-state index in [2.05, 4.69) is 56.4 Å². The van der Waals surface area contributed by atoms with Gasteiger partial charge in [0.2, 0.25) is 0 Å². The van der Waals surface area contributed by atoms with E-state index in [1.807, 2.05) is 6.07 Å². The maximum absolute atomic E-state index is 6.03. The average molecular weight is 343 g/mol. The van der Waals surface area contributed by atoms with Gasteiger partial charge in [-0.25, -0.2) is 0 Å². The molecule has 1 N–H and O–H groups in total. The molecule has 2 aromatic rings. The van der Waals surface area contributed by atoms with Gasteiger partial charge in [0, 0.05) is 11.3 Å². The summed E-state index contributed by atoms with van der Waals surface area (Å²) in [6, 6.07) is 12.6. The Bertz CT molecular complexity index is 713. The van der Waals surface area contributed by atoms with E-state index in [0.29, 0.717) is 11.8 Å². The quantitative estimate of drug-likeness (QED) is 0.744. The number of hydrogen-bond acceptors (Lipinski definition) is 3. The zero-order valence-corrected chi connectivity index (χ0v) is 15.6. The summed E-state index contributed by atoms with van der Waals surface area (Å²) >= 11 is 5.13. The lowest BCUT2D eigenvalue weighted by Gasteiger charge is -2.15. The second kappa shape index (κ2) is 8.69. The van der Waals surface area contributed by atoms with E-state index in [-0.39, 0.29) is 0 Å². The van der Waals surface area contributed by atoms with Crippen molar-refractivity contribution in [1.29, 1.82) is 0 Å². The molecule has 0 spiro atoms. The number of ether oxygens (including phenoxy) is 2. The van der Waals surface area contributed by atoms with Crippen LogP contribution in [-0.2, 0) is 24.2 Å². The molecule has 0 aliphatic carbocycles. The van der Waals surface area contributed by atoms with E-state index in [1.165, 1.54) is 11.1 Å². The van der Waals surface area contributed by atoms with Gasteiger partial charge in [-0.1, -0.05) is 38.1 Å². The highest BCUT2D eigenvalue weighted by Crippen LogP contribution is 2.24. The van der Waals surface area contributed by atoms with Crippen LogP contribution in [0.4, 0.5) is 5.69 Å². The van der Waals surface area contributed by atoms with Gasteiger partial charge >= 0.3 is 0 Å². The Hall–Kier alpha value is -2.07. The number of anilines is 1. The zero-order valence-electron chi connectivity index (χ0n) is 14.8. The summed E-state index contributed by atoms with van der Waals surface area (Å²) in [7, 11) is 1.56. The molecule has 0 heterocycles. The molecule has 0 saturated heterocycles. The molecule has 0 bridgehead atoms. The highest BCUT2D eigenvalue weighted by Gasteiger charge is 2.08. The average Bonchev–Trinajstić information content (AvgIpc) is 2.61. The van der Waals surface area contributed by atoms with Crippen molar-refractivity contribution < 1.29 is 9.47 Å². The van der Waals surface area contributed by atoms with E-state index in [1.54, 1.807) is 7.11 Å². The van der Waals surface area contributed by atoms with Gasteiger partial charge in [0.15, 0.2) is 0 Å². The van der Waals surface area contributed by atoms with Gasteiger partial charge in [-0.2, -0.15) is 0 Å². The van der Waals surface area contributed by atoms with Crippen LogP contribution in [0.5, 0.6) is 5.75 Å². The van der Waals surface area contributed by atoms with E-state index in [0.717, 1.165) is 35.4 Å². The lowest BCUT2D eigenvalue weighted by molar-refractivity contribution is 0.304. The number of rotatable bonds is 6. The molecule has 3 nitrogen and oxygen atoms in total. The maximum atomic E-state index is 6.03. The molecular formula is C20H25NO2S. The van der Waals surface area contributed by atoms with Crippen molar-refractivity contribution in [3.8, 4) is 5.75 Å². The predicted octanol–water partition coefficient (Wildman–Crippen LogP) is 5.04. The fourth-order valence-corrected chi connectivity index (χ4v) is 2.61. The van der Waals surface area contributed by atoms with E-state index >= 15 is 0 Å². The third-order valence-corrected chi connectivity index (χ3v) is 4.30. The minimum atomic E-state index is 0.355. The summed E-state index contributed by atoms with van der Waals surface area (Å²) in [4.78, 5) is 0. The van der Waals surface area contributed by atoms with Crippen molar-refractivity contribution in [1.82, 2.24) is 0 Å². The number of methoxy groups -OCH3 is 1. The van der Waals surface area contributed by atoms with Crippen LogP contribution in [-0.4, -0.2) is 12.3 Å². The predicted molar refractivity (Wildman–Crippen MR) is 104 cm³/mol. The van der Waals surface area contributed by atoms with Crippen LogP contribution >= 0.6 is 12.2 Å². The topological polar surface area (TPSA) is 30.5 Å². The van der Waals surface area contributed by atoms with Crippen molar-refractivity contribution in [2.24, 2.45) is 0 Å². The SMILES string of the molecule is CCc1ccc(OCc2ccc(CC)cc2NC(=S)OC)c(C)c1. The van der Waals surface area contributed by atoms with Crippen LogP contribution in [0.15, 0.2) is 36.4 Å². The summed E-state index contributed by atoms with van der Waals surface area (Å²) in [5, 5.41) is 3.49. The standard InChI is InChI=1S/C20H25NO2S/c1-5-15-8-10-19(14(3)11-15)23-13-17-9-7-16(6-2)12-18(17)21-20(24)22-4/h7-12H,5-6,13H2,1-4H3,(H,21,24). The van der Waals surface area contributed by atoms with Crippen molar-refractivity contribution in [2.45, 2.75) is 40.2 Å². The van der Waals surface area contributed by atoms with Gasteiger partial charge in [-0.15, -0.1) is 0 Å². The van der Waals surface area contributed by atoms with Gasteiger partial charge in [0.05, 0.1) is 7.11 Å². The fraction of sp³-hybridized carbons (Fsp3) is 0.350. The molecule has 4 heteroatoms. The third-order valence-electron chi connectivity index (χ3n) is 4.04. The van der Waals surface area contributed by atoms with Crippen LogP contribution < -0.4 is 10.1 Å². The Morgan fingerprint density at radius 1 is 1.04 bits per heavy atom. The molecule has 0 aliphatic heterocycles. The van der Waals surface area contributed by atoms with Gasteiger partial charge in [-0.3, -0.25) is 0 Å². The molecule has 0 aromatic heterocycles. The summed E-state index contributed by atoms with van der Waals surface area (Å²) in [5.41, 5.74) is 5.69. The lowest BCUT2D eigenvalue weighted by Crippen LogP contribution is -2.13. The summed E-state index contributed by atoms with van der Waals surface area (Å²) in [6.45, 7) is 6.84. The first-order valence-electron chi connectivity index (χ1n) is 8.26. The van der Waals surface area contributed by atoms with Gasteiger partial charge < -0.3 is 14.8 Å². The van der Waals surface area contributed by atoms with Gasteiger partial charge in [0.1, 0.15) is 12.4 Å². The molecule has 128 valence electrons. The van der Waals surface area contributed by atoms with E-state index in [4.69, 9.17) is 21.7 Å². The number of nitrogens with one attached hydrogen (secondary N) is 1. The number of hydrogen-bond donors (Lipinski definition) is 1. The molecule has 2 rings (SSSR count). The number of thiocarbonyl (C=S) groups is 1. The highest BCUT2D eigenvalue weighted by atomic mass is 32.1. The Kier molecular flexibility index (Phi) is 6.62.